The summed E-state index contributed by atoms with van der Waals surface area (Å²) in [5.74, 6) is 0.153. The normalized spacial score (nSPS) is 20.7. The third-order valence-electron chi connectivity index (χ3n) is 5.04. The third kappa shape index (κ3) is 3.46. The summed E-state index contributed by atoms with van der Waals surface area (Å²) in [6.45, 7) is 1.23. The molecule has 4 rings (SSSR count). The van der Waals surface area contributed by atoms with Crippen LogP contribution in [0.1, 0.15) is 11.5 Å². The van der Waals surface area contributed by atoms with E-state index in [-0.39, 0.29) is 29.1 Å². The topological polar surface area (TPSA) is 92.1 Å². The van der Waals surface area contributed by atoms with Gasteiger partial charge in [0.2, 0.25) is 10.0 Å². The van der Waals surface area contributed by atoms with E-state index in [1.807, 2.05) is 30.3 Å². The number of aromatic nitrogens is 2. The number of benzene rings is 1. The van der Waals surface area contributed by atoms with Crippen molar-refractivity contribution in [2.24, 2.45) is 11.7 Å². The second-order valence-electron chi connectivity index (χ2n) is 6.50. The fourth-order valence-electron chi connectivity index (χ4n) is 3.68. The van der Waals surface area contributed by atoms with Gasteiger partial charge in [-0.3, -0.25) is 0 Å². The second-order valence-corrected chi connectivity index (χ2v) is 8.82. The van der Waals surface area contributed by atoms with Crippen LogP contribution in [0.2, 0.25) is 5.02 Å². The van der Waals surface area contributed by atoms with Crippen molar-refractivity contribution < 1.29 is 8.42 Å². The van der Waals surface area contributed by atoms with Crippen molar-refractivity contribution >= 4 is 45.1 Å². The molecule has 1 aliphatic rings. The third-order valence-corrected chi connectivity index (χ3v) is 7.21. The summed E-state index contributed by atoms with van der Waals surface area (Å²) in [4.78, 5) is 7.22. The highest BCUT2D eigenvalue weighted by Gasteiger charge is 2.40. The minimum Gasteiger partial charge on any atom is -0.345 e. The van der Waals surface area contributed by atoms with Crippen LogP contribution in [0.25, 0.3) is 11.0 Å². The Bertz CT molecular complexity index is 1040. The lowest BCUT2D eigenvalue weighted by molar-refractivity contribution is 0.459. The Labute approximate surface area is 169 Å². The summed E-state index contributed by atoms with van der Waals surface area (Å²) >= 11 is 6.23. The molecular formula is C18H20Cl2N4O2S. The van der Waals surface area contributed by atoms with Crippen molar-refractivity contribution in [1.29, 1.82) is 0 Å². The maximum absolute atomic E-state index is 13.3. The molecule has 2 aromatic heterocycles. The number of nitrogens with one attached hydrogen (secondary N) is 1. The number of halogens is 2. The summed E-state index contributed by atoms with van der Waals surface area (Å²) in [5, 5.41) is 0.797. The minimum atomic E-state index is -3.71. The lowest BCUT2D eigenvalue weighted by Gasteiger charge is -2.16. The summed E-state index contributed by atoms with van der Waals surface area (Å²) in [5.41, 5.74) is 7.52. The van der Waals surface area contributed by atoms with Crippen LogP contribution in [-0.2, 0) is 10.0 Å². The Morgan fingerprint density at radius 2 is 1.96 bits per heavy atom. The van der Waals surface area contributed by atoms with Crippen LogP contribution < -0.4 is 5.73 Å². The molecule has 0 amide bonds. The van der Waals surface area contributed by atoms with E-state index in [4.69, 9.17) is 17.3 Å². The van der Waals surface area contributed by atoms with Gasteiger partial charge in [0.15, 0.2) is 0 Å². The van der Waals surface area contributed by atoms with Gasteiger partial charge in [-0.05, 0) is 24.1 Å². The first-order chi connectivity index (χ1) is 12.5. The number of nitrogens with zero attached hydrogens (tertiary/aromatic N) is 2. The van der Waals surface area contributed by atoms with E-state index in [1.165, 1.54) is 10.5 Å². The van der Waals surface area contributed by atoms with Crippen LogP contribution in [-0.4, -0.2) is 42.3 Å². The highest BCUT2D eigenvalue weighted by Crippen LogP contribution is 2.37. The largest absolute Gasteiger partial charge is 0.345 e. The van der Waals surface area contributed by atoms with Gasteiger partial charge in [0, 0.05) is 31.4 Å². The van der Waals surface area contributed by atoms with Gasteiger partial charge in [0.25, 0.3) is 0 Å². The summed E-state index contributed by atoms with van der Waals surface area (Å²) < 4.78 is 28.1. The quantitative estimate of drug-likeness (QED) is 0.670. The van der Waals surface area contributed by atoms with Gasteiger partial charge in [0.05, 0.1) is 10.4 Å². The number of hydrogen-bond donors (Lipinski definition) is 2. The Morgan fingerprint density at radius 1 is 1.22 bits per heavy atom. The highest BCUT2D eigenvalue weighted by molar-refractivity contribution is 7.89. The first kappa shape index (κ1) is 20.1. The Hall–Kier alpha value is -1.64. The standard InChI is InChI=1S/C18H19ClN4O2S.ClH/c19-15-6-7-21-18-17(15)16(9-22-18)26(24,25)23-10-13(8-20)14(11-23)12-4-2-1-3-5-12;/h1-7,9,13-14H,8,10-11,20H2,(H,21,22);1H/t13-,14+;/m1./s1. The van der Waals surface area contributed by atoms with E-state index in [0.717, 1.165) is 5.56 Å². The van der Waals surface area contributed by atoms with Crippen molar-refractivity contribution in [2.75, 3.05) is 19.6 Å². The molecule has 0 bridgehead atoms. The Kier molecular flexibility index (Phi) is 5.79. The maximum Gasteiger partial charge on any atom is 0.245 e. The Morgan fingerprint density at radius 3 is 2.67 bits per heavy atom. The van der Waals surface area contributed by atoms with E-state index < -0.39 is 10.0 Å². The molecule has 1 fully saturated rings. The predicted molar refractivity (Wildman–Crippen MR) is 109 cm³/mol. The molecule has 6 nitrogen and oxygen atoms in total. The van der Waals surface area contributed by atoms with Crippen molar-refractivity contribution in [3.05, 3.63) is 59.4 Å². The molecule has 1 aliphatic heterocycles. The molecule has 3 N–H and O–H groups in total. The Balaban J connectivity index is 0.00000210. The van der Waals surface area contributed by atoms with E-state index in [0.29, 0.717) is 35.7 Å². The van der Waals surface area contributed by atoms with Crippen LogP contribution in [0, 0.1) is 5.92 Å². The molecule has 0 saturated carbocycles. The fraction of sp³-hybridized carbons (Fsp3) is 0.278. The van der Waals surface area contributed by atoms with Crippen LogP contribution in [0.15, 0.2) is 53.7 Å². The molecule has 144 valence electrons. The number of hydrogen-bond acceptors (Lipinski definition) is 4. The van der Waals surface area contributed by atoms with Crippen LogP contribution >= 0.6 is 24.0 Å². The van der Waals surface area contributed by atoms with E-state index >= 15 is 0 Å². The molecular weight excluding hydrogens is 407 g/mol. The molecule has 9 heteroatoms. The van der Waals surface area contributed by atoms with Gasteiger partial charge < -0.3 is 10.7 Å². The van der Waals surface area contributed by atoms with Gasteiger partial charge in [0.1, 0.15) is 10.5 Å². The number of H-pyrrole nitrogens is 1. The molecule has 0 unspecified atom stereocenters. The van der Waals surface area contributed by atoms with Gasteiger partial charge >= 0.3 is 0 Å². The smallest absolute Gasteiger partial charge is 0.245 e. The zero-order valence-corrected chi connectivity index (χ0v) is 16.8. The maximum atomic E-state index is 13.3. The van der Waals surface area contributed by atoms with E-state index in [9.17, 15) is 8.42 Å². The number of nitrogens with two attached hydrogens (primary N) is 1. The molecule has 3 heterocycles. The van der Waals surface area contributed by atoms with Crippen molar-refractivity contribution in [2.45, 2.75) is 10.8 Å². The van der Waals surface area contributed by atoms with Gasteiger partial charge in [-0.2, -0.15) is 4.31 Å². The highest BCUT2D eigenvalue weighted by atomic mass is 35.5. The molecule has 0 aliphatic carbocycles. The fourth-order valence-corrected chi connectivity index (χ4v) is 5.67. The summed E-state index contributed by atoms with van der Waals surface area (Å²) in [7, 11) is -3.71. The average molecular weight is 427 g/mol. The zero-order chi connectivity index (χ0) is 18.3. The SMILES string of the molecule is Cl.NC[C@@H]1CN(S(=O)(=O)c2c[nH]c3nccc(Cl)c23)C[C@H]1c1ccccc1. The lowest BCUT2D eigenvalue weighted by Crippen LogP contribution is -2.29. The molecule has 1 saturated heterocycles. The number of fused-ring (bicyclic) bond motifs is 1. The molecule has 1 aromatic carbocycles. The van der Waals surface area contributed by atoms with Crippen LogP contribution in [0.5, 0.6) is 0 Å². The molecule has 2 atom stereocenters. The van der Waals surface area contributed by atoms with E-state index in [1.54, 1.807) is 12.3 Å². The number of aromatic amines is 1. The van der Waals surface area contributed by atoms with Crippen molar-refractivity contribution in [3.8, 4) is 0 Å². The predicted octanol–water partition coefficient (Wildman–Crippen LogP) is 3.00. The number of sulfonamides is 1. The van der Waals surface area contributed by atoms with Crippen LogP contribution in [0.3, 0.4) is 0 Å². The molecule has 0 spiro atoms. The van der Waals surface area contributed by atoms with Gasteiger partial charge in [-0.1, -0.05) is 41.9 Å². The van der Waals surface area contributed by atoms with Gasteiger partial charge in [-0.15, -0.1) is 12.4 Å². The van der Waals surface area contributed by atoms with Crippen molar-refractivity contribution in [3.63, 3.8) is 0 Å². The molecule has 0 radical (unpaired) electrons. The first-order valence-corrected chi connectivity index (χ1v) is 10.2. The van der Waals surface area contributed by atoms with Crippen LogP contribution in [0.4, 0.5) is 0 Å². The lowest BCUT2D eigenvalue weighted by atomic mass is 9.89. The first-order valence-electron chi connectivity index (χ1n) is 8.39. The van der Waals surface area contributed by atoms with E-state index in [2.05, 4.69) is 9.97 Å². The zero-order valence-electron chi connectivity index (χ0n) is 14.4. The minimum absolute atomic E-state index is 0. The molecule has 3 aromatic rings. The average Bonchev–Trinajstić information content (AvgIpc) is 3.28. The number of rotatable bonds is 4. The summed E-state index contributed by atoms with van der Waals surface area (Å²) in [6.07, 6.45) is 3.01. The monoisotopic (exact) mass is 426 g/mol. The second kappa shape index (κ2) is 7.77. The number of pyridine rings is 1. The van der Waals surface area contributed by atoms with Crippen molar-refractivity contribution in [1.82, 2.24) is 14.3 Å². The summed E-state index contributed by atoms with van der Waals surface area (Å²) in [6, 6.07) is 11.5. The van der Waals surface area contributed by atoms with Gasteiger partial charge in [-0.25, -0.2) is 13.4 Å². The molecule has 27 heavy (non-hydrogen) atoms.